The van der Waals surface area contributed by atoms with E-state index in [0.29, 0.717) is 11.9 Å². The summed E-state index contributed by atoms with van der Waals surface area (Å²) in [7, 11) is 0. The molecule has 1 aliphatic rings. The van der Waals surface area contributed by atoms with Crippen LogP contribution in [0.1, 0.15) is 51.9 Å². The van der Waals surface area contributed by atoms with E-state index in [1.807, 2.05) is 0 Å². The maximum absolute atomic E-state index is 5.90. The highest BCUT2D eigenvalue weighted by Crippen LogP contribution is 2.28. The zero-order valence-electron chi connectivity index (χ0n) is 12.2. The molecule has 0 bridgehead atoms. The molecule has 20 heavy (non-hydrogen) atoms. The summed E-state index contributed by atoms with van der Waals surface area (Å²) in [6.45, 7) is 3.82. The third-order valence-corrected chi connectivity index (χ3v) is 3.86. The van der Waals surface area contributed by atoms with Crippen LogP contribution in [0.3, 0.4) is 0 Å². The SMILES string of the molecule is CCCNc1nc(Cl)nc(NCCCC2CCCC2)n1. The summed E-state index contributed by atoms with van der Waals surface area (Å²) in [6.07, 6.45) is 9.11. The molecule has 0 atom stereocenters. The molecular formula is C14H24ClN5. The van der Waals surface area contributed by atoms with Gasteiger partial charge in [0.1, 0.15) is 0 Å². The number of nitrogens with zero attached hydrogens (tertiary/aromatic N) is 3. The molecule has 1 aromatic rings. The lowest BCUT2D eigenvalue weighted by molar-refractivity contribution is 0.491. The number of aromatic nitrogens is 3. The summed E-state index contributed by atoms with van der Waals surface area (Å²) in [5.41, 5.74) is 0. The van der Waals surface area contributed by atoms with Crippen molar-refractivity contribution in [1.82, 2.24) is 15.0 Å². The van der Waals surface area contributed by atoms with Crippen molar-refractivity contribution in [3.8, 4) is 0 Å². The van der Waals surface area contributed by atoms with Crippen molar-refractivity contribution in [2.45, 2.75) is 51.9 Å². The largest absolute Gasteiger partial charge is 0.354 e. The first-order valence-corrected chi connectivity index (χ1v) is 8.05. The molecule has 1 fully saturated rings. The predicted molar refractivity (Wildman–Crippen MR) is 83.3 cm³/mol. The smallest absolute Gasteiger partial charge is 0.228 e. The van der Waals surface area contributed by atoms with Gasteiger partial charge in [-0.05, 0) is 36.8 Å². The zero-order valence-corrected chi connectivity index (χ0v) is 12.9. The number of anilines is 2. The van der Waals surface area contributed by atoms with Gasteiger partial charge in [0, 0.05) is 13.1 Å². The first kappa shape index (κ1) is 15.3. The number of hydrogen-bond acceptors (Lipinski definition) is 5. The zero-order chi connectivity index (χ0) is 14.2. The quantitative estimate of drug-likeness (QED) is 0.716. The minimum atomic E-state index is 0.233. The Morgan fingerprint density at radius 3 is 2.35 bits per heavy atom. The molecule has 0 saturated heterocycles. The Morgan fingerprint density at radius 1 is 1.05 bits per heavy atom. The molecule has 6 heteroatoms. The fourth-order valence-electron chi connectivity index (χ4n) is 2.63. The van der Waals surface area contributed by atoms with E-state index >= 15 is 0 Å². The van der Waals surface area contributed by atoms with Gasteiger partial charge < -0.3 is 10.6 Å². The summed E-state index contributed by atoms with van der Waals surface area (Å²) in [5, 5.41) is 6.60. The van der Waals surface area contributed by atoms with Gasteiger partial charge >= 0.3 is 0 Å². The van der Waals surface area contributed by atoms with Gasteiger partial charge in [-0.25, -0.2) is 0 Å². The summed E-state index contributed by atoms with van der Waals surface area (Å²) in [4.78, 5) is 12.5. The van der Waals surface area contributed by atoms with Crippen LogP contribution in [-0.2, 0) is 0 Å². The molecule has 0 aliphatic heterocycles. The van der Waals surface area contributed by atoms with Crippen molar-refractivity contribution in [2.24, 2.45) is 5.92 Å². The Hall–Kier alpha value is -1.10. The Labute approximate surface area is 126 Å². The van der Waals surface area contributed by atoms with Crippen molar-refractivity contribution in [3.63, 3.8) is 0 Å². The van der Waals surface area contributed by atoms with E-state index in [1.165, 1.54) is 32.1 Å². The second-order valence-electron chi connectivity index (χ2n) is 5.40. The number of nitrogens with one attached hydrogen (secondary N) is 2. The molecule has 2 N–H and O–H groups in total. The van der Waals surface area contributed by atoms with Crippen molar-refractivity contribution in [3.05, 3.63) is 5.28 Å². The van der Waals surface area contributed by atoms with E-state index in [-0.39, 0.29) is 5.28 Å². The van der Waals surface area contributed by atoms with E-state index in [1.54, 1.807) is 0 Å². The lowest BCUT2D eigenvalue weighted by Crippen LogP contribution is -2.11. The van der Waals surface area contributed by atoms with Gasteiger partial charge in [-0.15, -0.1) is 0 Å². The summed E-state index contributed by atoms with van der Waals surface area (Å²) >= 11 is 5.90. The Bertz CT molecular complexity index is 407. The standard InChI is InChI=1S/C14H24ClN5/c1-2-9-16-13-18-12(15)19-14(20-13)17-10-5-8-11-6-3-4-7-11/h11H,2-10H2,1H3,(H2,16,17,18,19,20). The fraction of sp³-hybridized carbons (Fsp3) is 0.786. The third kappa shape index (κ3) is 5.12. The minimum Gasteiger partial charge on any atom is -0.354 e. The van der Waals surface area contributed by atoms with Gasteiger partial charge in [0.25, 0.3) is 0 Å². The van der Waals surface area contributed by atoms with E-state index in [0.717, 1.165) is 31.8 Å². The highest BCUT2D eigenvalue weighted by atomic mass is 35.5. The Morgan fingerprint density at radius 2 is 1.70 bits per heavy atom. The monoisotopic (exact) mass is 297 g/mol. The first-order valence-electron chi connectivity index (χ1n) is 7.67. The average Bonchev–Trinajstić information content (AvgIpc) is 2.94. The van der Waals surface area contributed by atoms with Crippen molar-refractivity contribution >= 4 is 23.5 Å². The summed E-state index contributed by atoms with van der Waals surface area (Å²) in [6, 6.07) is 0. The molecule has 112 valence electrons. The van der Waals surface area contributed by atoms with Crippen molar-refractivity contribution in [1.29, 1.82) is 0 Å². The van der Waals surface area contributed by atoms with Crippen LogP contribution < -0.4 is 10.6 Å². The van der Waals surface area contributed by atoms with Gasteiger partial charge in [0.2, 0.25) is 17.2 Å². The highest BCUT2D eigenvalue weighted by Gasteiger charge is 2.14. The number of rotatable bonds is 8. The number of hydrogen-bond donors (Lipinski definition) is 2. The Kier molecular flexibility index (Phi) is 6.30. The molecule has 1 aromatic heterocycles. The highest BCUT2D eigenvalue weighted by molar-refractivity contribution is 6.28. The molecule has 5 nitrogen and oxygen atoms in total. The average molecular weight is 298 g/mol. The first-order chi connectivity index (χ1) is 9.78. The fourth-order valence-corrected chi connectivity index (χ4v) is 2.80. The third-order valence-electron chi connectivity index (χ3n) is 3.69. The summed E-state index contributed by atoms with van der Waals surface area (Å²) in [5.74, 6) is 2.04. The second-order valence-corrected chi connectivity index (χ2v) is 5.74. The van der Waals surface area contributed by atoms with Gasteiger partial charge in [0.15, 0.2) is 0 Å². The molecule has 0 aromatic carbocycles. The van der Waals surface area contributed by atoms with Crippen LogP contribution >= 0.6 is 11.6 Å². The van der Waals surface area contributed by atoms with E-state index in [2.05, 4.69) is 32.5 Å². The van der Waals surface area contributed by atoms with Crippen molar-refractivity contribution in [2.75, 3.05) is 23.7 Å². The molecular weight excluding hydrogens is 274 g/mol. The van der Waals surface area contributed by atoms with E-state index in [4.69, 9.17) is 11.6 Å². The normalized spacial score (nSPS) is 15.5. The van der Waals surface area contributed by atoms with E-state index < -0.39 is 0 Å². The summed E-state index contributed by atoms with van der Waals surface area (Å²) < 4.78 is 0. The Balaban J connectivity index is 1.74. The number of halogens is 1. The maximum atomic E-state index is 5.90. The van der Waals surface area contributed by atoms with Crippen molar-refractivity contribution < 1.29 is 0 Å². The molecule has 1 heterocycles. The van der Waals surface area contributed by atoms with Gasteiger partial charge in [-0.2, -0.15) is 15.0 Å². The predicted octanol–water partition coefficient (Wildman–Crippen LogP) is 3.73. The lowest BCUT2D eigenvalue weighted by atomic mass is 10.0. The molecule has 2 rings (SSSR count). The topological polar surface area (TPSA) is 62.7 Å². The molecule has 0 unspecified atom stereocenters. The van der Waals surface area contributed by atoms with Crippen LogP contribution in [0.15, 0.2) is 0 Å². The van der Waals surface area contributed by atoms with Crippen LogP contribution in [-0.4, -0.2) is 28.0 Å². The van der Waals surface area contributed by atoms with Crippen LogP contribution in [0.2, 0.25) is 5.28 Å². The minimum absolute atomic E-state index is 0.233. The lowest BCUT2D eigenvalue weighted by Gasteiger charge is -2.10. The van der Waals surface area contributed by atoms with Crippen LogP contribution in [0.5, 0.6) is 0 Å². The molecule has 0 spiro atoms. The molecule has 0 radical (unpaired) electrons. The molecule has 1 aliphatic carbocycles. The second kappa shape index (κ2) is 8.25. The molecule has 1 saturated carbocycles. The van der Waals surface area contributed by atoms with Gasteiger partial charge in [-0.3, -0.25) is 0 Å². The van der Waals surface area contributed by atoms with Crippen LogP contribution in [0, 0.1) is 5.92 Å². The van der Waals surface area contributed by atoms with Gasteiger partial charge in [0.05, 0.1) is 0 Å². The van der Waals surface area contributed by atoms with E-state index in [9.17, 15) is 0 Å². The van der Waals surface area contributed by atoms with Crippen LogP contribution in [0.25, 0.3) is 0 Å². The maximum Gasteiger partial charge on any atom is 0.228 e. The van der Waals surface area contributed by atoms with Gasteiger partial charge in [-0.1, -0.05) is 32.6 Å². The molecule has 0 amide bonds. The van der Waals surface area contributed by atoms with Crippen LogP contribution in [0.4, 0.5) is 11.9 Å².